The normalized spacial score (nSPS) is 19.3. The SMILES string of the molecule is CC(C(=O)O)c1cc(C(C)(C)C)c(O)c(C2(C)CCCCC2)c1. The van der Waals surface area contributed by atoms with Gasteiger partial charge < -0.3 is 10.2 Å². The van der Waals surface area contributed by atoms with Gasteiger partial charge in [-0.15, -0.1) is 0 Å². The fourth-order valence-electron chi connectivity index (χ4n) is 3.68. The highest BCUT2D eigenvalue weighted by atomic mass is 16.4. The maximum Gasteiger partial charge on any atom is 0.310 e. The number of hydrogen-bond donors (Lipinski definition) is 2. The third kappa shape index (κ3) is 3.54. The monoisotopic (exact) mass is 318 g/mol. The van der Waals surface area contributed by atoms with E-state index in [4.69, 9.17) is 0 Å². The molecule has 1 aliphatic rings. The molecule has 1 aliphatic carbocycles. The number of phenols is 1. The van der Waals surface area contributed by atoms with Gasteiger partial charge in [0.2, 0.25) is 0 Å². The van der Waals surface area contributed by atoms with Crippen LogP contribution in [0.5, 0.6) is 5.75 Å². The van der Waals surface area contributed by atoms with E-state index < -0.39 is 11.9 Å². The summed E-state index contributed by atoms with van der Waals surface area (Å²) in [4.78, 5) is 11.5. The van der Waals surface area contributed by atoms with Gasteiger partial charge >= 0.3 is 5.97 Å². The summed E-state index contributed by atoms with van der Waals surface area (Å²) in [7, 11) is 0. The van der Waals surface area contributed by atoms with Crippen LogP contribution in [0.4, 0.5) is 0 Å². The number of aromatic hydroxyl groups is 1. The third-order valence-electron chi connectivity index (χ3n) is 5.42. The van der Waals surface area contributed by atoms with Crippen LogP contribution >= 0.6 is 0 Å². The molecule has 3 heteroatoms. The summed E-state index contributed by atoms with van der Waals surface area (Å²) in [5.41, 5.74) is 2.30. The molecule has 0 radical (unpaired) electrons. The van der Waals surface area contributed by atoms with Crippen molar-refractivity contribution in [2.75, 3.05) is 0 Å². The molecule has 1 fully saturated rings. The Hall–Kier alpha value is -1.51. The molecule has 23 heavy (non-hydrogen) atoms. The minimum Gasteiger partial charge on any atom is -0.507 e. The standard InChI is InChI=1S/C20H30O3/c1-13(18(22)23)14-11-15(19(2,3)4)17(21)16(12-14)20(5)9-7-6-8-10-20/h11-13,21H,6-10H2,1-5H3,(H,22,23). The van der Waals surface area contributed by atoms with Gasteiger partial charge in [-0.1, -0.05) is 59.1 Å². The molecule has 1 saturated carbocycles. The lowest BCUT2D eigenvalue weighted by atomic mass is 9.68. The molecular formula is C20H30O3. The summed E-state index contributed by atoms with van der Waals surface area (Å²) < 4.78 is 0. The van der Waals surface area contributed by atoms with Gasteiger partial charge in [0.1, 0.15) is 5.75 Å². The first-order valence-corrected chi connectivity index (χ1v) is 8.67. The van der Waals surface area contributed by atoms with Crippen molar-refractivity contribution in [3.8, 4) is 5.75 Å². The minimum atomic E-state index is -0.824. The largest absolute Gasteiger partial charge is 0.507 e. The summed E-state index contributed by atoms with van der Waals surface area (Å²) in [6.07, 6.45) is 5.68. The molecule has 0 spiro atoms. The Kier molecular flexibility index (Phi) is 4.79. The van der Waals surface area contributed by atoms with Crippen LogP contribution in [-0.4, -0.2) is 16.2 Å². The summed E-state index contributed by atoms with van der Waals surface area (Å²) in [6.45, 7) is 10.1. The number of phenolic OH excluding ortho intramolecular Hbond substituents is 1. The van der Waals surface area contributed by atoms with Crippen LogP contribution in [0.1, 0.15) is 89.3 Å². The van der Waals surface area contributed by atoms with E-state index in [1.807, 2.05) is 12.1 Å². The summed E-state index contributed by atoms with van der Waals surface area (Å²) in [5.74, 6) is -1.03. The highest BCUT2D eigenvalue weighted by Crippen LogP contribution is 2.47. The number of hydrogen-bond acceptors (Lipinski definition) is 2. The van der Waals surface area contributed by atoms with E-state index in [9.17, 15) is 15.0 Å². The van der Waals surface area contributed by atoms with Gasteiger partial charge in [-0.3, -0.25) is 4.79 Å². The van der Waals surface area contributed by atoms with Crippen molar-refractivity contribution >= 4 is 5.97 Å². The van der Waals surface area contributed by atoms with Gasteiger partial charge in [0.05, 0.1) is 5.92 Å². The quantitative estimate of drug-likeness (QED) is 0.815. The Morgan fingerprint density at radius 1 is 1.17 bits per heavy atom. The number of carboxylic acids is 1. The van der Waals surface area contributed by atoms with Crippen molar-refractivity contribution in [1.29, 1.82) is 0 Å². The average molecular weight is 318 g/mol. The summed E-state index contributed by atoms with van der Waals surface area (Å²) in [5, 5.41) is 20.3. The van der Waals surface area contributed by atoms with E-state index in [0.717, 1.165) is 29.5 Å². The third-order valence-corrected chi connectivity index (χ3v) is 5.42. The Morgan fingerprint density at radius 3 is 2.22 bits per heavy atom. The predicted molar refractivity (Wildman–Crippen MR) is 93.3 cm³/mol. The molecule has 0 aliphatic heterocycles. The molecule has 0 amide bonds. The Morgan fingerprint density at radius 2 is 1.74 bits per heavy atom. The van der Waals surface area contributed by atoms with Crippen LogP contribution in [0.3, 0.4) is 0 Å². The summed E-state index contributed by atoms with van der Waals surface area (Å²) in [6, 6.07) is 3.82. The summed E-state index contributed by atoms with van der Waals surface area (Å²) >= 11 is 0. The molecule has 0 bridgehead atoms. The molecule has 1 aromatic rings. The number of benzene rings is 1. The smallest absolute Gasteiger partial charge is 0.310 e. The van der Waals surface area contributed by atoms with Crippen LogP contribution in [0, 0.1) is 0 Å². The lowest BCUT2D eigenvalue weighted by molar-refractivity contribution is -0.138. The Balaban J connectivity index is 2.65. The van der Waals surface area contributed by atoms with E-state index >= 15 is 0 Å². The van der Waals surface area contributed by atoms with E-state index in [1.54, 1.807) is 6.92 Å². The molecule has 1 unspecified atom stereocenters. The number of carboxylic acid groups (broad SMARTS) is 1. The molecule has 128 valence electrons. The second-order valence-corrected chi connectivity index (χ2v) is 8.40. The molecule has 1 aromatic carbocycles. The maximum atomic E-state index is 11.5. The van der Waals surface area contributed by atoms with Gasteiger partial charge in [0.15, 0.2) is 0 Å². The van der Waals surface area contributed by atoms with Gasteiger partial charge in [-0.25, -0.2) is 0 Å². The zero-order chi connectivity index (χ0) is 17.4. The molecular weight excluding hydrogens is 288 g/mol. The fourth-order valence-corrected chi connectivity index (χ4v) is 3.68. The minimum absolute atomic E-state index is 0.0590. The van der Waals surface area contributed by atoms with Crippen molar-refractivity contribution in [1.82, 2.24) is 0 Å². The second-order valence-electron chi connectivity index (χ2n) is 8.40. The van der Waals surface area contributed by atoms with Crippen molar-refractivity contribution in [3.63, 3.8) is 0 Å². The zero-order valence-corrected chi connectivity index (χ0v) is 15.1. The first-order valence-electron chi connectivity index (χ1n) is 8.67. The topological polar surface area (TPSA) is 57.5 Å². The maximum absolute atomic E-state index is 11.5. The first-order chi connectivity index (χ1) is 10.6. The van der Waals surface area contributed by atoms with Gasteiger partial charge in [-0.05, 0) is 41.7 Å². The average Bonchev–Trinajstić information content (AvgIpc) is 2.46. The van der Waals surface area contributed by atoms with Crippen LogP contribution in [0.25, 0.3) is 0 Å². The highest BCUT2D eigenvalue weighted by molar-refractivity contribution is 5.76. The van der Waals surface area contributed by atoms with Gasteiger partial charge in [0.25, 0.3) is 0 Å². The highest BCUT2D eigenvalue weighted by Gasteiger charge is 2.34. The predicted octanol–water partition coefficient (Wildman–Crippen LogP) is 5.10. The van der Waals surface area contributed by atoms with E-state index in [2.05, 4.69) is 27.7 Å². The number of aliphatic carboxylic acids is 1. The molecule has 0 heterocycles. The van der Waals surface area contributed by atoms with Crippen LogP contribution in [0.15, 0.2) is 12.1 Å². The van der Waals surface area contributed by atoms with E-state index in [-0.39, 0.29) is 10.8 Å². The molecule has 0 aromatic heterocycles. The first kappa shape index (κ1) is 17.8. The van der Waals surface area contributed by atoms with Crippen molar-refractivity contribution in [3.05, 3.63) is 28.8 Å². The van der Waals surface area contributed by atoms with Crippen LogP contribution in [0.2, 0.25) is 0 Å². The second kappa shape index (κ2) is 6.18. The molecule has 1 atom stereocenters. The van der Waals surface area contributed by atoms with E-state index in [1.165, 1.54) is 19.3 Å². The lowest BCUT2D eigenvalue weighted by Crippen LogP contribution is -2.27. The van der Waals surface area contributed by atoms with Crippen molar-refractivity contribution < 1.29 is 15.0 Å². The molecule has 2 N–H and O–H groups in total. The van der Waals surface area contributed by atoms with Crippen molar-refractivity contribution in [2.24, 2.45) is 0 Å². The Labute approximate surface area is 139 Å². The van der Waals surface area contributed by atoms with Crippen LogP contribution in [-0.2, 0) is 15.6 Å². The number of carbonyl (C=O) groups is 1. The van der Waals surface area contributed by atoms with E-state index in [0.29, 0.717) is 5.75 Å². The fraction of sp³-hybridized carbons (Fsp3) is 0.650. The molecule has 3 nitrogen and oxygen atoms in total. The lowest BCUT2D eigenvalue weighted by Gasteiger charge is -2.37. The van der Waals surface area contributed by atoms with Gasteiger partial charge in [0, 0.05) is 5.56 Å². The van der Waals surface area contributed by atoms with Gasteiger partial charge in [-0.2, -0.15) is 0 Å². The van der Waals surface area contributed by atoms with Crippen molar-refractivity contribution in [2.45, 2.75) is 83.5 Å². The molecule has 0 saturated heterocycles. The number of rotatable bonds is 3. The zero-order valence-electron chi connectivity index (χ0n) is 15.1. The molecule has 2 rings (SSSR count). The van der Waals surface area contributed by atoms with Crippen LogP contribution < -0.4 is 0 Å². The Bertz CT molecular complexity index is 590.